The van der Waals surface area contributed by atoms with Gasteiger partial charge in [-0.1, -0.05) is 80.4 Å². The molecule has 2 fully saturated rings. The second-order valence-electron chi connectivity index (χ2n) is 8.54. The molecule has 3 nitrogen and oxygen atoms in total. The number of rotatable bonds is 4. The molecular formula is C25H32N2O. The van der Waals surface area contributed by atoms with Gasteiger partial charge in [0.25, 0.3) is 0 Å². The quantitative estimate of drug-likeness (QED) is 0.782. The molecule has 2 atom stereocenters. The second-order valence-corrected chi connectivity index (χ2v) is 8.54. The number of nitrogens with zero attached hydrogens (tertiary/aromatic N) is 2. The monoisotopic (exact) mass is 376 g/mol. The maximum atomic E-state index is 13.5. The fourth-order valence-electron chi connectivity index (χ4n) is 4.99. The summed E-state index contributed by atoms with van der Waals surface area (Å²) in [6, 6.07) is 21.2. The number of amides is 1. The number of carbonyl (C=O) groups is 1. The van der Waals surface area contributed by atoms with Crippen molar-refractivity contribution in [1.29, 1.82) is 0 Å². The van der Waals surface area contributed by atoms with Crippen molar-refractivity contribution in [2.75, 3.05) is 26.2 Å². The lowest BCUT2D eigenvalue weighted by atomic mass is 9.86. The largest absolute Gasteiger partial charge is 0.339 e. The van der Waals surface area contributed by atoms with E-state index in [1.165, 1.54) is 25.7 Å². The molecule has 0 unspecified atom stereocenters. The van der Waals surface area contributed by atoms with Gasteiger partial charge >= 0.3 is 0 Å². The molecule has 4 rings (SSSR count). The fourth-order valence-corrected chi connectivity index (χ4v) is 4.99. The zero-order chi connectivity index (χ0) is 19.3. The van der Waals surface area contributed by atoms with Gasteiger partial charge in [-0.25, -0.2) is 0 Å². The van der Waals surface area contributed by atoms with Gasteiger partial charge in [0.05, 0.1) is 5.92 Å². The Bertz CT molecular complexity index is 713. The first-order chi connectivity index (χ1) is 13.7. The van der Waals surface area contributed by atoms with Crippen molar-refractivity contribution in [3.63, 3.8) is 0 Å². The van der Waals surface area contributed by atoms with Crippen molar-refractivity contribution < 1.29 is 4.79 Å². The van der Waals surface area contributed by atoms with Crippen LogP contribution >= 0.6 is 0 Å². The molecule has 1 saturated heterocycles. The summed E-state index contributed by atoms with van der Waals surface area (Å²) in [5.74, 6) is 0.886. The number of benzene rings is 2. The Hall–Kier alpha value is -2.13. The number of piperazine rings is 1. The maximum absolute atomic E-state index is 13.5. The molecule has 0 radical (unpaired) electrons. The van der Waals surface area contributed by atoms with Gasteiger partial charge in [-0.05, 0) is 29.9 Å². The third kappa shape index (κ3) is 4.30. The molecule has 1 amide bonds. The molecule has 1 aliphatic heterocycles. The molecular weight excluding hydrogens is 344 g/mol. The molecule has 2 aromatic carbocycles. The van der Waals surface area contributed by atoms with Crippen LogP contribution in [-0.2, 0) is 4.79 Å². The molecule has 0 aromatic heterocycles. The predicted octanol–water partition coefficient (Wildman–Crippen LogP) is 4.54. The van der Waals surface area contributed by atoms with E-state index in [2.05, 4.69) is 41.0 Å². The van der Waals surface area contributed by atoms with E-state index in [1.807, 2.05) is 36.4 Å². The third-order valence-electron chi connectivity index (χ3n) is 6.56. The minimum atomic E-state index is -0.205. The van der Waals surface area contributed by atoms with E-state index in [0.717, 1.165) is 49.3 Å². The summed E-state index contributed by atoms with van der Waals surface area (Å²) in [6.45, 7) is 6.11. The Kier molecular flexibility index (Phi) is 6.11. The van der Waals surface area contributed by atoms with Crippen LogP contribution in [-0.4, -0.2) is 47.9 Å². The van der Waals surface area contributed by atoms with Crippen LogP contribution in [0.25, 0.3) is 0 Å². The van der Waals surface area contributed by atoms with Gasteiger partial charge in [0.1, 0.15) is 0 Å². The second kappa shape index (κ2) is 8.91. The summed E-state index contributed by atoms with van der Waals surface area (Å²) in [4.78, 5) is 18.3. The lowest BCUT2D eigenvalue weighted by Crippen LogP contribution is -2.53. The van der Waals surface area contributed by atoms with E-state index in [4.69, 9.17) is 0 Å². The number of carbonyl (C=O) groups excluding carboxylic acids is 1. The van der Waals surface area contributed by atoms with Crippen molar-refractivity contribution in [2.45, 2.75) is 44.6 Å². The van der Waals surface area contributed by atoms with Crippen LogP contribution in [0.1, 0.15) is 49.7 Å². The van der Waals surface area contributed by atoms with Crippen molar-refractivity contribution in [3.8, 4) is 0 Å². The van der Waals surface area contributed by atoms with Crippen LogP contribution in [0.3, 0.4) is 0 Å². The molecule has 1 aliphatic carbocycles. The summed E-state index contributed by atoms with van der Waals surface area (Å²) in [7, 11) is 0. The van der Waals surface area contributed by atoms with Crippen LogP contribution in [0.4, 0.5) is 0 Å². The van der Waals surface area contributed by atoms with Crippen LogP contribution < -0.4 is 0 Å². The topological polar surface area (TPSA) is 23.6 Å². The van der Waals surface area contributed by atoms with Gasteiger partial charge in [0, 0.05) is 32.2 Å². The summed E-state index contributed by atoms with van der Waals surface area (Å²) >= 11 is 0. The Morgan fingerprint density at radius 1 is 0.857 bits per heavy atom. The van der Waals surface area contributed by atoms with Gasteiger partial charge in [0.15, 0.2) is 0 Å². The van der Waals surface area contributed by atoms with Gasteiger partial charge in [-0.3, -0.25) is 9.69 Å². The summed E-state index contributed by atoms with van der Waals surface area (Å²) in [6.07, 6.45) is 5.39. The lowest BCUT2D eigenvalue weighted by Gasteiger charge is -2.42. The zero-order valence-corrected chi connectivity index (χ0v) is 17.0. The van der Waals surface area contributed by atoms with Gasteiger partial charge in [-0.15, -0.1) is 0 Å². The van der Waals surface area contributed by atoms with E-state index in [0.29, 0.717) is 0 Å². The minimum Gasteiger partial charge on any atom is -0.339 e. The van der Waals surface area contributed by atoms with Gasteiger partial charge in [-0.2, -0.15) is 0 Å². The lowest BCUT2D eigenvalue weighted by molar-refractivity contribution is -0.134. The summed E-state index contributed by atoms with van der Waals surface area (Å²) in [5, 5.41) is 0. The smallest absolute Gasteiger partial charge is 0.234 e. The summed E-state index contributed by atoms with van der Waals surface area (Å²) < 4.78 is 0. The molecule has 148 valence electrons. The van der Waals surface area contributed by atoms with Gasteiger partial charge in [0.2, 0.25) is 5.91 Å². The van der Waals surface area contributed by atoms with Crippen molar-refractivity contribution in [2.24, 2.45) is 5.92 Å². The SMILES string of the molecule is C[C@H]1CCC[C@@H](N2CCN(C(=O)C(c3ccccc3)c3ccccc3)CC2)C1. The Morgan fingerprint density at radius 3 is 1.96 bits per heavy atom. The molecule has 0 bridgehead atoms. The molecule has 3 heteroatoms. The predicted molar refractivity (Wildman–Crippen MR) is 114 cm³/mol. The molecule has 0 N–H and O–H groups in total. The molecule has 28 heavy (non-hydrogen) atoms. The molecule has 2 aliphatic rings. The first kappa shape index (κ1) is 19.2. The third-order valence-corrected chi connectivity index (χ3v) is 6.56. The highest BCUT2D eigenvalue weighted by Gasteiger charge is 2.32. The van der Waals surface area contributed by atoms with E-state index < -0.39 is 0 Å². The maximum Gasteiger partial charge on any atom is 0.234 e. The average molecular weight is 377 g/mol. The first-order valence-electron chi connectivity index (χ1n) is 10.8. The standard InChI is InChI=1S/C25H32N2O/c1-20-9-8-14-23(19-20)26-15-17-27(18-16-26)25(28)24(21-10-4-2-5-11-21)22-12-6-3-7-13-22/h2-7,10-13,20,23-24H,8-9,14-19H2,1H3/t20-,23+/m0/s1. The molecule has 2 aromatic rings. The van der Waals surface area contributed by atoms with Crippen molar-refractivity contribution in [1.82, 2.24) is 9.80 Å². The van der Waals surface area contributed by atoms with E-state index in [-0.39, 0.29) is 11.8 Å². The van der Waals surface area contributed by atoms with Crippen molar-refractivity contribution in [3.05, 3.63) is 71.8 Å². The number of hydrogen-bond donors (Lipinski definition) is 0. The highest BCUT2D eigenvalue weighted by Crippen LogP contribution is 2.30. The van der Waals surface area contributed by atoms with Gasteiger partial charge < -0.3 is 4.90 Å². The van der Waals surface area contributed by atoms with Crippen LogP contribution in [0.2, 0.25) is 0 Å². The van der Waals surface area contributed by atoms with Crippen molar-refractivity contribution >= 4 is 5.91 Å². The van der Waals surface area contributed by atoms with Crippen LogP contribution in [0.15, 0.2) is 60.7 Å². The van der Waals surface area contributed by atoms with E-state index in [1.54, 1.807) is 0 Å². The molecule has 1 saturated carbocycles. The molecule has 0 spiro atoms. The average Bonchev–Trinajstić information content (AvgIpc) is 2.75. The normalized spacial score (nSPS) is 23.7. The fraction of sp³-hybridized carbons (Fsp3) is 0.480. The Labute approximate surface area is 169 Å². The molecule has 1 heterocycles. The Balaban J connectivity index is 1.46. The zero-order valence-electron chi connectivity index (χ0n) is 17.0. The van der Waals surface area contributed by atoms with Crippen LogP contribution in [0, 0.1) is 5.92 Å². The van der Waals surface area contributed by atoms with E-state index in [9.17, 15) is 4.79 Å². The number of hydrogen-bond acceptors (Lipinski definition) is 2. The highest BCUT2D eigenvalue weighted by molar-refractivity contribution is 5.87. The first-order valence-corrected chi connectivity index (χ1v) is 10.8. The highest BCUT2D eigenvalue weighted by atomic mass is 16.2. The Morgan fingerprint density at radius 2 is 1.43 bits per heavy atom. The summed E-state index contributed by atoms with van der Waals surface area (Å²) in [5.41, 5.74) is 2.17. The van der Waals surface area contributed by atoms with E-state index >= 15 is 0 Å². The van der Waals surface area contributed by atoms with Crippen LogP contribution in [0.5, 0.6) is 0 Å². The minimum absolute atomic E-state index is 0.205.